The molecule has 0 unspecified atom stereocenters. The molecule has 1 heterocycles. The molecule has 0 saturated heterocycles. The van der Waals surface area contributed by atoms with Crippen LogP contribution in [0.5, 0.6) is 0 Å². The lowest BCUT2D eigenvalue weighted by Gasteiger charge is -2.19. The minimum atomic E-state index is -3.93. The molecule has 3 aromatic rings. The Morgan fingerprint density at radius 2 is 1.93 bits per heavy atom. The van der Waals surface area contributed by atoms with Crippen molar-refractivity contribution in [3.63, 3.8) is 0 Å². The first-order valence-electron chi connectivity index (χ1n) is 8.36. The van der Waals surface area contributed by atoms with Crippen molar-refractivity contribution in [2.75, 3.05) is 6.61 Å². The van der Waals surface area contributed by atoms with Gasteiger partial charge in [0.25, 0.3) is 0 Å². The molecule has 1 N–H and O–H groups in total. The van der Waals surface area contributed by atoms with Crippen LogP contribution in [0.15, 0.2) is 47.4 Å². The number of fused-ring (bicyclic) bond motifs is 1. The molecule has 0 fully saturated rings. The number of esters is 1. The fraction of sp³-hybridized carbons (Fsp3) is 0.278. The van der Waals surface area contributed by atoms with Crippen molar-refractivity contribution in [2.24, 2.45) is 0 Å². The van der Waals surface area contributed by atoms with Gasteiger partial charge >= 0.3 is 5.97 Å². The second-order valence-electron chi connectivity index (χ2n) is 5.98. The fourth-order valence-electron chi connectivity index (χ4n) is 2.66. The van der Waals surface area contributed by atoms with Crippen LogP contribution in [0.2, 0.25) is 0 Å². The Bertz CT molecular complexity index is 1050. The summed E-state index contributed by atoms with van der Waals surface area (Å²) in [6.45, 7) is 3.87. The molecule has 1 atom stereocenters. The first-order valence-corrected chi connectivity index (χ1v) is 10.6. The number of nitrogens with one attached hydrogen (secondary N) is 1. The Labute approximate surface area is 161 Å². The van der Waals surface area contributed by atoms with Crippen LogP contribution in [-0.4, -0.2) is 29.7 Å². The Hall–Kier alpha value is -2.36. The van der Waals surface area contributed by atoms with Gasteiger partial charge in [-0.2, -0.15) is 8.75 Å². The first-order chi connectivity index (χ1) is 12.9. The molecule has 0 spiro atoms. The predicted molar refractivity (Wildman–Crippen MR) is 103 cm³/mol. The van der Waals surface area contributed by atoms with Crippen LogP contribution in [0.3, 0.4) is 0 Å². The maximum absolute atomic E-state index is 13.0. The lowest BCUT2D eigenvalue weighted by Crippen LogP contribution is -2.31. The van der Waals surface area contributed by atoms with Gasteiger partial charge in [-0.05, 0) is 31.5 Å². The molecule has 0 saturated carbocycles. The van der Waals surface area contributed by atoms with Crippen LogP contribution in [0.4, 0.5) is 0 Å². The second-order valence-corrected chi connectivity index (χ2v) is 8.19. The topological polar surface area (TPSA) is 98.2 Å². The average Bonchev–Trinajstić information content (AvgIpc) is 3.10. The van der Waals surface area contributed by atoms with Crippen LogP contribution < -0.4 is 4.72 Å². The molecule has 0 aliphatic heterocycles. The smallest absolute Gasteiger partial charge is 0.307 e. The number of carbonyl (C=O) groups excluding carboxylic acids is 1. The van der Waals surface area contributed by atoms with Crippen molar-refractivity contribution in [1.82, 2.24) is 13.5 Å². The number of aromatic nitrogens is 2. The lowest BCUT2D eigenvalue weighted by atomic mass is 10.0. The maximum atomic E-state index is 13.0. The van der Waals surface area contributed by atoms with Gasteiger partial charge in [-0.25, -0.2) is 13.1 Å². The molecule has 7 nitrogen and oxygen atoms in total. The number of aryl methyl sites for hydroxylation is 1. The number of ether oxygens (including phenoxy) is 1. The van der Waals surface area contributed by atoms with Crippen molar-refractivity contribution in [3.8, 4) is 0 Å². The minimum Gasteiger partial charge on any atom is -0.466 e. The van der Waals surface area contributed by atoms with Crippen molar-refractivity contribution in [2.45, 2.75) is 31.2 Å². The molecule has 2 aromatic carbocycles. The molecule has 142 valence electrons. The third-order valence-corrected chi connectivity index (χ3v) is 6.04. The van der Waals surface area contributed by atoms with Gasteiger partial charge in [0.2, 0.25) is 10.0 Å². The number of sulfonamides is 1. The highest BCUT2D eigenvalue weighted by molar-refractivity contribution is 7.89. The molecule has 1 aromatic heterocycles. The summed E-state index contributed by atoms with van der Waals surface area (Å²) in [5.41, 5.74) is 2.55. The normalized spacial score (nSPS) is 12.8. The van der Waals surface area contributed by atoms with Gasteiger partial charge in [-0.3, -0.25) is 4.79 Å². The number of carbonyl (C=O) groups is 1. The zero-order chi connectivity index (χ0) is 19.4. The van der Waals surface area contributed by atoms with Crippen LogP contribution in [-0.2, 0) is 19.6 Å². The number of hydrogen-bond acceptors (Lipinski definition) is 7. The Morgan fingerprint density at radius 1 is 1.19 bits per heavy atom. The van der Waals surface area contributed by atoms with E-state index in [0.717, 1.165) is 17.3 Å². The number of benzene rings is 2. The highest BCUT2D eigenvalue weighted by Gasteiger charge is 2.26. The van der Waals surface area contributed by atoms with Crippen molar-refractivity contribution in [3.05, 3.63) is 53.6 Å². The maximum Gasteiger partial charge on any atom is 0.307 e. The summed E-state index contributed by atoms with van der Waals surface area (Å²) < 4.78 is 41.8. The van der Waals surface area contributed by atoms with Gasteiger partial charge in [0, 0.05) is 0 Å². The molecular formula is C18H19N3O4S2. The van der Waals surface area contributed by atoms with E-state index in [1.165, 1.54) is 6.07 Å². The molecule has 0 aliphatic rings. The summed E-state index contributed by atoms with van der Waals surface area (Å²) >= 11 is 0.951. The van der Waals surface area contributed by atoms with Crippen LogP contribution >= 0.6 is 11.7 Å². The Morgan fingerprint density at radius 3 is 2.63 bits per heavy atom. The summed E-state index contributed by atoms with van der Waals surface area (Å²) in [5.74, 6) is -0.473. The van der Waals surface area contributed by atoms with E-state index in [1.54, 1.807) is 31.2 Å². The average molecular weight is 406 g/mol. The molecule has 0 amide bonds. The van der Waals surface area contributed by atoms with Crippen molar-refractivity contribution >= 4 is 38.8 Å². The third kappa shape index (κ3) is 4.49. The summed E-state index contributed by atoms with van der Waals surface area (Å²) in [4.78, 5) is 12.0. The summed E-state index contributed by atoms with van der Waals surface area (Å²) in [6.07, 6.45) is -0.110. The molecule has 9 heteroatoms. The summed E-state index contributed by atoms with van der Waals surface area (Å²) in [7, 11) is -3.93. The third-order valence-electron chi connectivity index (χ3n) is 3.99. The first kappa shape index (κ1) is 19.4. The largest absolute Gasteiger partial charge is 0.466 e. The number of hydrogen-bond donors (Lipinski definition) is 1. The fourth-order valence-corrected chi connectivity index (χ4v) is 4.65. The standard InChI is InChI=1S/C18H19N3O4S2/c1-3-25-17(22)11-15(13-9-7-12(2)8-10-13)21-27(23,24)16-6-4-5-14-18(16)20-26-19-14/h4-10,15,21H,3,11H2,1-2H3/t15-/m0/s1. The SMILES string of the molecule is CCOC(=O)C[C@H](NS(=O)(=O)c1cccc2nsnc12)c1ccc(C)cc1. The zero-order valence-electron chi connectivity index (χ0n) is 14.9. The van der Waals surface area contributed by atoms with Crippen LogP contribution in [0.1, 0.15) is 30.5 Å². The minimum absolute atomic E-state index is 0.0368. The Kier molecular flexibility index (Phi) is 5.83. The van der Waals surface area contributed by atoms with E-state index >= 15 is 0 Å². The van der Waals surface area contributed by atoms with Crippen LogP contribution in [0, 0.1) is 6.92 Å². The van der Waals surface area contributed by atoms with Crippen molar-refractivity contribution in [1.29, 1.82) is 0 Å². The Balaban J connectivity index is 1.95. The van der Waals surface area contributed by atoms with E-state index in [1.807, 2.05) is 19.1 Å². The second kappa shape index (κ2) is 8.12. The van der Waals surface area contributed by atoms with E-state index < -0.39 is 22.0 Å². The van der Waals surface area contributed by atoms with E-state index in [4.69, 9.17) is 4.74 Å². The number of nitrogens with zero attached hydrogens (tertiary/aromatic N) is 2. The van der Waals surface area contributed by atoms with Gasteiger partial charge in [0.05, 0.1) is 30.8 Å². The highest BCUT2D eigenvalue weighted by atomic mass is 32.2. The van der Waals surface area contributed by atoms with Gasteiger partial charge in [-0.15, -0.1) is 0 Å². The molecule has 0 bridgehead atoms. The van der Waals surface area contributed by atoms with E-state index in [2.05, 4.69) is 13.5 Å². The van der Waals surface area contributed by atoms with Gasteiger partial charge in [0.15, 0.2) is 0 Å². The monoisotopic (exact) mass is 405 g/mol. The quantitative estimate of drug-likeness (QED) is 0.607. The van der Waals surface area contributed by atoms with Gasteiger partial charge in [0.1, 0.15) is 15.9 Å². The lowest BCUT2D eigenvalue weighted by molar-refractivity contribution is -0.143. The van der Waals surface area contributed by atoms with Crippen molar-refractivity contribution < 1.29 is 17.9 Å². The molecule has 3 rings (SSSR count). The van der Waals surface area contributed by atoms with E-state index in [-0.39, 0.29) is 17.9 Å². The highest BCUT2D eigenvalue weighted by Crippen LogP contribution is 2.25. The van der Waals surface area contributed by atoms with E-state index in [0.29, 0.717) is 16.6 Å². The zero-order valence-corrected chi connectivity index (χ0v) is 16.5. The van der Waals surface area contributed by atoms with Crippen LogP contribution in [0.25, 0.3) is 11.0 Å². The summed E-state index contributed by atoms with van der Waals surface area (Å²) in [5, 5.41) is 0. The molecule has 0 aliphatic carbocycles. The molecular weight excluding hydrogens is 386 g/mol. The van der Waals surface area contributed by atoms with Gasteiger partial charge < -0.3 is 4.74 Å². The molecule has 0 radical (unpaired) electrons. The van der Waals surface area contributed by atoms with E-state index in [9.17, 15) is 13.2 Å². The predicted octanol–water partition coefficient (Wildman–Crippen LogP) is 2.97. The summed E-state index contributed by atoms with van der Waals surface area (Å²) in [6, 6.07) is 11.4. The van der Waals surface area contributed by atoms with Gasteiger partial charge in [-0.1, -0.05) is 35.9 Å². The molecule has 27 heavy (non-hydrogen) atoms. The number of rotatable bonds is 7.